The Kier molecular flexibility index (Phi) is 2.84. The molecule has 0 bridgehead atoms. The van der Waals surface area contributed by atoms with Crippen molar-refractivity contribution in [1.29, 1.82) is 0 Å². The van der Waals surface area contributed by atoms with Gasteiger partial charge in [0.15, 0.2) is 6.61 Å². The zero-order valence-corrected chi connectivity index (χ0v) is 7.19. The third kappa shape index (κ3) is 2.17. The molecule has 1 aliphatic heterocycles. The van der Waals surface area contributed by atoms with E-state index in [2.05, 4.69) is 4.99 Å². The van der Waals surface area contributed by atoms with Gasteiger partial charge in [-0.3, -0.25) is 14.5 Å². The number of carbonyl (C=O) groups is 2. The lowest BCUT2D eigenvalue weighted by atomic mass is 10.5. The van der Waals surface area contributed by atoms with Crippen molar-refractivity contribution in [3.8, 4) is 0 Å². The van der Waals surface area contributed by atoms with Gasteiger partial charge in [0.05, 0.1) is 0 Å². The third-order valence-corrected chi connectivity index (χ3v) is 1.44. The van der Waals surface area contributed by atoms with Gasteiger partial charge in [0.1, 0.15) is 6.54 Å². The Balaban J connectivity index is 2.71. The lowest BCUT2D eigenvalue weighted by Crippen LogP contribution is -2.35. The van der Waals surface area contributed by atoms with E-state index in [0.29, 0.717) is 6.54 Å². The van der Waals surface area contributed by atoms with Gasteiger partial charge in [0, 0.05) is 6.54 Å². The van der Waals surface area contributed by atoms with Crippen LogP contribution in [0.4, 0.5) is 0 Å². The van der Waals surface area contributed by atoms with Crippen molar-refractivity contribution in [2.75, 3.05) is 19.7 Å². The van der Waals surface area contributed by atoms with Gasteiger partial charge < -0.3 is 9.84 Å². The Morgan fingerprint density at radius 2 is 2.46 bits per heavy atom. The average molecular weight is 186 g/mol. The summed E-state index contributed by atoms with van der Waals surface area (Å²) in [5.41, 5.74) is 0. The Morgan fingerprint density at radius 1 is 1.77 bits per heavy atom. The first kappa shape index (κ1) is 9.50. The number of nitrogens with zero attached hydrogens (tertiary/aromatic N) is 2. The molecule has 0 aliphatic carbocycles. The molecule has 0 aromatic rings. The van der Waals surface area contributed by atoms with Crippen LogP contribution in [0.25, 0.3) is 0 Å². The minimum absolute atomic E-state index is 0.106. The van der Waals surface area contributed by atoms with Crippen LogP contribution in [0.3, 0.4) is 0 Å². The fourth-order valence-electron chi connectivity index (χ4n) is 0.946. The molecular weight excluding hydrogens is 176 g/mol. The molecule has 1 N–H and O–H groups in total. The van der Waals surface area contributed by atoms with Crippen LogP contribution in [0, 0.1) is 0 Å². The molecule has 0 unspecified atom stereocenters. The van der Waals surface area contributed by atoms with Crippen LogP contribution in [-0.2, 0) is 14.3 Å². The Bertz CT molecular complexity index is 261. The summed E-state index contributed by atoms with van der Waals surface area (Å²) < 4.78 is 4.88. The quantitative estimate of drug-likeness (QED) is 0.632. The van der Waals surface area contributed by atoms with E-state index >= 15 is 0 Å². The van der Waals surface area contributed by atoms with Gasteiger partial charge in [-0.25, -0.2) is 4.99 Å². The monoisotopic (exact) mass is 186 g/mol. The van der Waals surface area contributed by atoms with Crippen molar-refractivity contribution in [3.05, 3.63) is 0 Å². The van der Waals surface area contributed by atoms with E-state index in [1.807, 2.05) is 0 Å². The molecule has 0 spiro atoms. The number of ether oxygens (including phenoxy) is 1. The van der Waals surface area contributed by atoms with E-state index in [-0.39, 0.29) is 18.5 Å². The molecule has 72 valence electrons. The van der Waals surface area contributed by atoms with Gasteiger partial charge in [-0.15, -0.1) is 0 Å². The first-order valence-corrected chi connectivity index (χ1v) is 3.84. The summed E-state index contributed by atoms with van der Waals surface area (Å²) in [6, 6.07) is 0.106. The molecule has 6 heteroatoms. The minimum Gasteiger partial charge on any atom is -0.480 e. The van der Waals surface area contributed by atoms with Crippen molar-refractivity contribution in [3.63, 3.8) is 0 Å². The molecule has 6 nitrogen and oxygen atoms in total. The van der Waals surface area contributed by atoms with Gasteiger partial charge in [0.2, 0.25) is 0 Å². The van der Waals surface area contributed by atoms with E-state index < -0.39 is 12.5 Å². The molecule has 13 heavy (non-hydrogen) atoms. The SMILES string of the molecule is CC/N=C1\OCC(=O)N1CC(=O)O. The van der Waals surface area contributed by atoms with Crippen molar-refractivity contribution in [1.82, 2.24) is 4.90 Å². The molecule has 0 saturated carbocycles. The molecule has 0 aromatic carbocycles. The van der Waals surface area contributed by atoms with Gasteiger partial charge in [-0.2, -0.15) is 0 Å². The molecular formula is C7H10N2O4. The van der Waals surface area contributed by atoms with E-state index in [4.69, 9.17) is 9.84 Å². The molecule has 1 aliphatic rings. The lowest BCUT2D eigenvalue weighted by molar-refractivity contribution is -0.140. The maximum atomic E-state index is 11.1. The molecule has 1 fully saturated rings. The maximum absolute atomic E-state index is 11.1. The van der Waals surface area contributed by atoms with Crippen LogP contribution in [0.1, 0.15) is 6.92 Å². The van der Waals surface area contributed by atoms with E-state index in [9.17, 15) is 9.59 Å². The summed E-state index contributed by atoms with van der Waals surface area (Å²) in [6.07, 6.45) is 0. The van der Waals surface area contributed by atoms with Crippen molar-refractivity contribution in [2.24, 2.45) is 4.99 Å². The van der Waals surface area contributed by atoms with Gasteiger partial charge in [-0.1, -0.05) is 0 Å². The highest BCUT2D eigenvalue weighted by Gasteiger charge is 2.30. The highest BCUT2D eigenvalue weighted by Crippen LogP contribution is 2.04. The number of hydrogen-bond acceptors (Lipinski definition) is 4. The summed E-state index contributed by atoms with van der Waals surface area (Å²) in [4.78, 5) is 26.3. The first-order chi connectivity index (χ1) is 6.15. The summed E-state index contributed by atoms with van der Waals surface area (Å²) in [6.45, 7) is 1.72. The highest BCUT2D eigenvalue weighted by molar-refractivity contribution is 6.02. The third-order valence-electron chi connectivity index (χ3n) is 1.44. The topological polar surface area (TPSA) is 79.2 Å². The van der Waals surface area contributed by atoms with Gasteiger partial charge in [-0.05, 0) is 6.92 Å². The number of carboxylic acid groups (broad SMARTS) is 1. The molecule has 0 radical (unpaired) electrons. The minimum atomic E-state index is -1.08. The Hall–Kier alpha value is -1.59. The summed E-state index contributed by atoms with van der Waals surface area (Å²) >= 11 is 0. The predicted molar refractivity (Wildman–Crippen MR) is 43.3 cm³/mol. The first-order valence-electron chi connectivity index (χ1n) is 3.84. The van der Waals surface area contributed by atoms with E-state index in [1.165, 1.54) is 0 Å². The van der Waals surface area contributed by atoms with Crippen molar-refractivity contribution < 1.29 is 19.4 Å². The van der Waals surface area contributed by atoms with Crippen LogP contribution in [0.2, 0.25) is 0 Å². The zero-order chi connectivity index (χ0) is 9.84. The predicted octanol–water partition coefficient (Wildman–Crippen LogP) is -0.694. The Labute approximate surface area is 74.8 Å². The molecule has 1 amide bonds. The van der Waals surface area contributed by atoms with Crippen molar-refractivity contribution >= 4 is 17.9 Å². The van der Waals surface area contributed by atoms with Gasteiger partial charge >= 0.3 is 5.97 Å². The zero-order valence-electron chi connectivity index (χ0n) is 7.19. The van der Waals surface area contributed by atoms with E-state index in [0.717, 1.165) is 4.90 Å². The van der Waals surface area contributed by atoms with Crippen LogP contribution >= 0.6 is 0 Å². The Morgan fingerprint density at radius 3 is 3.00 bits per heavy atom. The number of rotatable bonds is 3. The summed E-state index contributed by atoms with van der Waals surface area (Å²) in [7, 11) is 0. The number of aliphatic imine (C=N–C) groups is 1. The maximum Gasteiger partial charge on any atom is 0.323 e. The number of amidine groups is 1. The molecule has 1 heterocycles. The fourth-order valence-corrected chi connectivity index (χ4v) is 0.946. The van der Waals surface area contributed by atoms with Crippen molar-refractivity contribution in [2.45, 2.75) is 6.92 Å². The highest BCUT2D eigenvalue weighted by atomic mass is 16.5. The smallest absolute Gasteiger partial charge is 0.323 e. The second kappa shape index (κ2) is 3.88. The second-order valence-corrected chi connectivity index (χ2v) is 2.42. The number of hydrogen-bond donors (Lipinski definition) is 1. The van der Waals surface area contributed by atoms with E-state index in [1.54, 1.807) is 6.92 Å². The largest absolute Gasteiger partial charge is 0.480 e. The molecule has 0 atom stereocenters. The standard InChI is InChI=1S/C7H10N2O4/c1-2-8-7-9(3-6(11)12)5(10)4-13-7/h2-4H2,1H3,(H,11,12)/b8-7-. The summed E-state index contributed by atoms with van der Waals surface area (Å²) in [5.74, 6) is -1.45. The molecule has 1 saturated heterocycles. The number of aliphatic carboxylic acids is 1. The van der Waals surface area contributed by atoms with Crippen LogP contribution in [0.15, 0.2) is 4.99 Å². The summed E-state index contributed by atoms with van der Waals surface area (Å²) in [5, 5.41) is 8.47. The number of amides is 1. The van der Waals surface area contributed by atoms with Gasteiger partial charge in [0.25, 0.3) is 11.9 Å². The lowest BCUT2D eigenvalue weighted by Gasteiger charge is -2.09. The number of carboxylic acids is 1. The van der Waals surface area contributed by atoms with Crippen LogP contribution in [-0.4, -0.2) is 47.6 Å². The number of carbonyl (C=O) groups excluding carboxylic acids is 1. The second-order valence-electron chi connectivity index (χ2n) is 2.42. The molecule has 1 rings (SSSR count). The average Bonchev–Trinajstić information content (AvgIpc) is 2.36. The van der Waals surface area contributed by atoms with Crippen LogP contribution in [0.5, 0.6) is 0 Å². The van der Waals surface area contributed by atoms with Crippen LogP contribution < -0.4 is 0 Å². The molecule has 0 aromatic heterocycles. The fraction of sp³-hybridized carbons (Fsp3) is 0.571. The normalized spacial score (nSPS) is 19.3.